The molecule has 0 aromatic heterocycles. The summed E-state index contributed by atoms with van der Waals surface area (Å²) < 4.78 is 5.28. The van der Waals surface area contributed by atoms with Crippen molar-refractivity contribution in [1.82, 2.24) is 4.90 Å². The standard InChI is InChI=1S/C20H22Cl2N2O2/c1-26-19-4-2-3-14(9-19)13-24-7-5-15(6-8-24)20(25)23-18-11-16(21)10-17(22)12-18/h2-4,9-12,15H,5-8,13H2,1H3,(H,23,25). The Kier molecular flexibility index (Phi) is 6.41. The molecule has 0 bridgehead atoms. The first-order chi connectivity index (χ1) is 12.5. The summed E-state index contributed by atoms with van der Waals surface area (Å²) >= 11 is 12.0. The average Bonchev–Trinajstić information content (AvgIpc) is 2.61. The van der Waals surface area contributed by atoms with E-state index in [1.807, 2.05) is 12.1 Å². The highest BCUT2D eigenvalue weighted by molar-refractivity contribution is 6.35. The van der Waals surface area contributed by atoms with Crippen LogP contribution >= 0.6 is 23.2 Å². The van der Waals surface area contributed by atoms with E-state index in [0.717, 1.165) is 38.2 Å². The number of nitrogens with zero attached hydrogens (tertiary/aromatic N) is 1. The lowest BCUT2D eigenvalue weighted by Crippen LogP contribution is -2.37. The summed E-state index contributed by atoms with van der Waals surface area (Å²) in [5.74, 6) is 0.913. The van der Waals surface area contributed by atoms with Crippen molar-refractivity contribution in [3.05, 3.63) is 58.1 Å². The summed E-state index contributed by atoms with van der Waals surface area (Å²) in [6.07, 6.45) is 1.67. The van der Waals surface area contributed by atoms with E-state index in [1.165, 1.54) is 5.56 Å². The second-order valence-corrected chi connectivity index (χ2v) is 7.42. The van der Waals surface area contributed by atoms with Crippen molar-refractivity contribution in [2.24, 2.45) is 5.92 Å². The minimum atomic E-state index is 0.00863. The van der Waals surface area contributed by atoms with Gasteiger partial charge in [0.15, 0.2) is 0 Å². The number of carbonyl (C=O) groups is 1. The quantitative estimate of drug-likeness (QED) is 0.790. The molecule has 1 aliphatic rings. The van der Waals surface area contributed by atoms with Crippen molar-refractivity contribution in [2.75, 3.05) is 25.5 Å². The first-order valence-electron chi connectivity index (χ1n) is 8.66. The van der Waals surface area contributed by atoms with Gasteiger partial charge in [-0.3, -0.25) is 9.69 Å². The molecule has 0 aliphatic carbocycles. The topological polar surface area (TPSA) is 41.6 Å². The van der Waals surface area contributed by atoms with Gasteiger partial charge in [0.05, 0.1) is 7.11 Å². The van der Waals surface area contributed by atoms with Crippen LogP contribution in [0.25, 0.3) is 0 Å². The van der Waals surface area contributed by atoms with Gasteiger partial charge >= 0.3 is 0 Å². The Bertz CT molecular complexity index is 754. The maximum atomic E-state index is 12.5. The number of halogens is 2. The molecule has 0 saturated carbocycles. The number of benzene rings is 2. The molecule has 1 heterocycles. The smallest absolute Gasteiger partial charge is 0.227 e. The molecule has 0 spiro atoms. The van der Waals surface area contributed by atoms with Gasteiger partial charge in [-0.1, -0.05) is 35.3 Å². The Morgan fingerprint density at radius 1 is 1.15 bits per heavy atom. The summed E-state index contributed by atoms with van der Waals surface area (Å²) in [5, 5.41) is 3.96. The Balaban J connectivity index is 1.52. The Hall–Kier alpha value is -1.75. The van der Waals surface area contributed by atoms with Crippen molar-refractivity contribution in [2.45, 2.75) is 19.4 Å². The van der Waals surface area contributed by atoms with Crippen LogP contribution in [0, 0.1) is 5.92 Å². The Morgan fingerprint density at radius 2 is 1.85 bits per heavy atom. The molecule has 1 aliphatic heterocycles. The summed E-state index contributed by atoms with van der Waals surface area (Å²) in [6, 6.07) is 13.2. The number of nitrogens with one attached hydrogen (secondary N) is 1. The number of piperidine rings is 1. The monoisotopic (exact) mass is 392 g/mol. The number of carbonyl (C=O) groups excluding carboxylic acids is 1. The van der Waals surface area contributed by atoms with Crippen LogP contribution in [-0.2, 0) is 11.3 Å². The summed E-state index contributed by atoms with van der Waals surface area (Å²) in [7, 11) is 1.68. The number of amides is 1. The minimum absolute atomic E-state index is 0.00863. The molecule has 6 heteroatoms. The first-order valence-corrected chi connectivity index (χ1v) is 9.41. The molecule has 3 rings (SSSR count). The van der Waals surface area contributed by atoms with Gasteiger partial charge in [0.2, 0.25) is 5.91 Å². The van der Waals surface area contributed by atoms with Gasteiger partial charge in [0.1, 0.15) is 5.75 Å². The van der Waals surface area contributed by atoms with Crippen LogP contribution in [0.5, 0.6) is 5.75 Å². The van der Waals surface area contributed by atoms with E-state index in [2.05, 4.69) is 22.3 Å². The van der Waals surface area contributed by atoms with Crippen LogP contribution < -0.4 is 10.1 Å². The van der Waals surface area contributed by atoms with Gasteiger partial charge in [-0.05, 0) is 61.8 Å². The van der Waals surface area contributed by atoms with E-state index in [1.54, 1.807) is 25.3 Å². The normalized spacial score (nSPS) is 15.7. The zero-order valence-corrected chi connectivity index (χ0v) is 16.2. The lowest BCUT2D eigenvalue weighted by atomic mass is 9.95. The van der Waals surface area contributed by atoms with Gasteiger partial charge in [-0.2, -0.15) is 0 Å². The Morgan fingerprint density at radius 3 is 2.50 bits per heavy atom. The summed E-state index contributed by atoms with van der Waals surface area (Å²) in [5.41, 5.74) is 1.87. The molecule has 138 valence electrons. The van der Waals surface area contributed by atoms with E-state index in [-0.39, 0.29) is 11.8 Å². The molecule has 0 unspecified atom stereocenters. The highest BCUT2D eigenvalue weighted by Gasteiger charge is 2.25. The van der Waals surface area contributed by atoms with Gasteiger partial charge < -0.3 is 10.1 Å². The minimum Gasteiger partial charge on any atom is -0.497 e. The fourth-order valence-corrected chi connectivity index (χ4v) is 3.78. The van der Waals surface area contributed by atoms with E-state index in [4.69, 9.17) is 27.9 Å². The van der Waals surface area contributed by atoms with Gasteiger partial charge in [0, 0.05) is 28.2 Å². The van der Waals surface area contributed by atoms with E-state index in [9.17, 15) is 4.79 Å². The molecule has 1 fully saturated rings. The molecule has 0 radical (unpaired) electrons. The molecular weight excluding hydrogens is 371 g/mol. The fraction of sp³-hybridized carbons (Fsp3) is 0.350. The maximum Gasteiger partial charge on any atom is 0.227 e. The molecule has 26 heavy (non-hydrogen) atoms. The van der Waals surface area contributed by atoms with Gasteiger partial charge in [-0.25, -0.2) is 0 Å². The second-order valence-electron chi connectivity index (χ2n) is 6.55. The van der Waals surface area contributed by atoms with E-state index in [0.29, 0.717) is 15.7 Å². The van der Waals surface area contributed by atoms with E-state index < -0.39 is 0 Å². The van der Waals surface area contributed by atoms with Crippen molar-refractivity contribution >= 4 is 34.8 Å². The third-order valence-electron chi connectivity index (χ3n) is 4.63. The third kappa shape index (κ3) is 5.13. The highest BCUT2D eigenvalue weighted by Crippen LogP contribution is 2.25. The zero-order valence-electron chi connectivity index (χ0n) is 14.7. The number of anilines is 1. The predicted molar refractivity (Wildman–Crippen MR) is 106 cm³/mol. The van der Waals surface area contributed by atoms with Crippen LogP contribution in [0.15, 0.2) is 42.5 Å². The van der Waals surface area contributed by atoms with Crippen LogP contribution in [0.4, 0.5) is 5.69 Å². The first kappa shape index (κ1) is 19.0. The summed E-state index contributed by atoms with van der Waals surface area (Å²) in [6.45, 7) is 2.66. The molecule has 1 N–H and O–H groups in total. The molecule has 1 amide bonds. The number of methoxy groups -OCH3 is 1. The van der Waals surface area contributed by atoms with E-state index >= 15 is 0 Å². The van der Waals surface area contributed by atoms with Gasteiger partial charge in [0.25, 0.3) is 0 Å². The molecule has 2 aromatic rings. The number of hydrogen-bond donors (Lipinski definition) is 1. The predicted octanol–water partition coefficient (Wildman–Crippen LogP) is 4.85. The molecule has 1 saturated heterocycles. The number of hydrogen-bond acceptors (Lipinski definition) is 3. The molecule has 2 aromatic carbocycles. The van der Waals surface area contributed by atoms with Crippen molar-refractivity contribution in [1.29, 1.82) is 0 Å². The van der Waals surface area contributed by atoms with Crippen LogP contribution in [0.3, 0.4) is 0 Å². The zero-order chi connectivity index (χ0) is 18.5. The lowest BCUT2D eigenvalue weighted by Gasteiger charge is -2.31. The number of rotatable bonds is 5. The third-order valence-corrected chi connectivity index (χ3v) is 5.07. The Labute approximate surface area is 164 Å². The maximum absolute atomic E-state index is 12.5. The molecule has 4 nitrogen and oxygen atoms in total. The number of likely N-dealkylation sites (tertiary alicyclic amines) is 1. The molecular formula is C20H22Cl2N2O2. The summed E-state index contributed by atoms with van der Waals surface area (Å²) in [4.78, 5) is 14.9. The van der Waals surface area contributed by atoms with Crippen LogP contribution in [0.2, 0.25) is 10.0 Å². The van der Waals surface area contributed by atoms with Crippen molar-refractivity contribution in [3.63, 3.8) is 0 Å². The number of ether oxygens (including phenoxy) is 1. The fourth-order valence-electron chi connectivity index (χ4n) is 3.25. The SMILES string of the molecule is COc1cccc(CN2CCC(C(=O)Nc3cc(Cl)cc(Cl)c3)CC2)c1. The van der Waals surface area contributed by atoms with Gasteiger partial charge in [-0.15, -0.1) is 0 Å². The van der Waals surface area contributed by atoms with Crippen LogP contribution in [0.1, 0.15) is 18.4 Å². The largest absolute Gasteiger partial charge is 0.497 e. The van der Waals surface area contributed by atoms with Crippen LogP contribution in [-0.4, -0.2) is 31.0 Å². The van der Waals surface area contributed by atoms with Crippen molar-refractivity contribution in [3.8, 4) is 5.75 Å². The van der Waals surface area contributed by atoms with Crippen molar-refractivity contribution < 1.29 is 9.53 Å². The average molecular weight is 393 g/mol. The lowest BCUT2D eigenvalue weighted by molar-refractivity contribution is -0.121. The second kappa shape index (κ2) is 8.76. The molecule has 0 atom stereocenters. The highest BCUT2D eigenvalue weighted by atomic mass is 35.5.